The van der Waals surface area contributed by atoms with Gasteiger partial charge in [0.25, 0.3) is 0 Å². The van der Waals surface area contributed by atoms with E-state index in [0.717, 1.165) is 29.7 Å². The molecule has 0 radical (unpaired) electrons. The highest BCUT2D eigenvalue weighted by atomic mass is 16.5. The zero-order valence-corrected chi connectivity index (χ0v) is 12.1. The van der Waals surface area contributed by atoms with Gasteiger partial charge in [0.1, 0.15) is 17.6 Å². The van der Waals surface area contributed by atoms with E-state index in [2.05, 4.69) is 0 Å². The van der Waals surface area contributed by atoms with E-state index in [9.17, 15) is 5.11 Å². The van der Waals surface area contributed by atoms with Crippen molar-refractivity contribution in [1.82, 2.24) is 0 Å². The van der Waals surface area contributed by atoms with Crippen molar-refractivity contribution in [3.8, 4) is 23.0 Å². The molecule has 1 atom stereocenters. The van der Waals surface area contributed by atoms with E-state index >= 15 is 0 Å². The molecule has 3 rings (SSSR count). The van der Waals surface area contributed by atoms with Gasteiger partial charge in [0.15, 0.2) is 11.5 Å². The molecule has 1 aliphatic rings. The normalized spacial score (nSPS) is 16.8. The predicted molar refractivity (Wildman–Crippen MR) is 79.3 cm³/mol. The molecule has 21 heavy (non-hydrogen) atoms. The number of aromatic hydroxyl groups is 1. The molecule has 2 aromatic carbocycles. The van der Waals surface area contributed by atoms with Crippen LogP contribution in [-0.4, -0.2) is 19.3 Å². The van der Waals surface area contributed by atoms with Crippen molar-refractivity contribution >= 4 is 0 Å². The van der Waals surface area contributed by atoms with Crippen LogP contribution in [0.15, 0.2) is 36.4 Å². The molecular formula is C17H18O4. The average Bonchev–Trinajstić information content (AvgIpc) is 2.53. The largest absolute Gasteiger partial charge is 0.508 e. The SMILES string of the molecule is COc1ccc([C@@H]2CCc3ccc(O)cc3O2)cc1OC. The summed E-state index contributed by atoms with van der Waals surface area (Å²) in [5.41, 5.74) is 2.17. The maximum Gasteiger partial charge on any atom is 0.161 e. The van der Waals surface area contributed by atoms with Gasteiger partial charge in [-0.2, -0.15) is 0 Å². The molecule has 4 heteroatoms. The fraction of sp³-hybridized carbons (Fsp3) is 0.294. The third-order valence-electron chi connectivity index (χ3n) is 3.78. The molecule has 1 aliphatic heterocycles. The van der Waals surface area contributed by atoms with Crippen LogP contribution in [0.3, 0.4) is 0 Å². The Balaban J connectivity index is 1.89. The first kappa shape index (κ1) is 13.6. The van der Waals surface area contributed by atoms with Crippen LogP contribution >= 0.6 is 0 Å². The lowest BCUT2D eigenvalue weighted by atomic mass is 9.97. The minimum Gasteiger partial charge on any atom is -0.508 e. The number of methoxy groups -OCH3 is 2. The second-order valence-electron chi connectivity index (χ2n) is 5.05. The Hall–Kier alpha value is -2.36. The van der Waals surface area contributed by atoms with Gasteiger partial charge in [-0.15, -0.1) is 0 Å². The highest BCUT2D eigenvalue weighted by Gasteiger charge is 2.22. The standard InChI is InChI=1S/C17H18O4/c1-19-15-8-5-12(9-17(15)20-2)14-7-4-11-3-6-13(18)10-16(11)21-14/h3,5-6,8-10,14,18H,4,7H2,1-2H3/t14-/m0/s1. The van der Waals surface area contributed by atoms with E-state index < -0.39 is 0 Å². The number of phenols is 1. The fourth-order valence-corrected chi connectivity index (χ4v) is 2.65. The Morgan fingerprint density at radius 1 is 1.05 bits per heavy atom. The molecule has 110 valence electrons. The lowest BCUT2D eigenvalue weighted by molar-refractivity contribution is 0.175. The van der Waals surface area contributed by atoms with Gasteiger partial charge in [0.05, 0.1) is 14.2 Å². The van der Waals surface area contributed by atoms with Gasteiger partial charge in [-0.25, -0.2) is 0 Å². The fourth-order valence-electron chi connectivity index (χ4n) is 2.65. The van der Waals surface area contributed by atoms with E-state index in [1.54, 1.807) is 26.4 Å². The quantitative estimate of drug-likeness (QED) is 0.938. The molecule has 0 fully saturated rings. The predicted octanol–water partition coefficient (Wildman–Crippen LogP) is 3.48. The van der Waals surface area contributed by atoms with Crippen molar-refractivity contribution in [1.29, 1.82) is 0 Å². The summed E-state index contributed by atoms with van der Waals surface area (Å²) in [6, 6.07) is 11.1. The lowest BCUT2D eigenvalue weighted by Crippen LogP contribution is -2.15. The molecule has 1 heterocycles. The molecule has 0 spiro atoms. The number of aryl methyl sites for hydroxylation is 1. The number of fused-ring (bicyclic) bond motifs is 1. The minimum absolute atomic E-state index is 0.0425. The van der Waals surface area contributed by atoms with Gasteiger partial charge >= 0.3 is 0 Å². The van der Waals surface area contributed by atoms with Gasteiger partial charge in [-0.3, -0.25) is 0 Å². The summed E-state index contributed by atoms with van der Waals surface area (Å²) in [5.74, 6) is 2.37. The summed E-state index contributed by atoms with van der Waals surface area (Å²) in [4.78, 5) is 0. The van der Waals surface area contributed by atoms with E-state index in [1.807, 2.05) is 24.3 Å². The van der Waals surface area contributed by atoms with Crippen molar-refractivity contribution in [3.05, 3.63) is 47.5 Å². The summed E-state index contributed by atoms with van der Waals surface area (Å²) in [6.07, 6.45) is 1.78. The van der Waals surface area contributed by atoms with Gasteiger partial charge in [0.2, 0.25) is 0 Å². The van der Waals surface area contributed by atoms with Crippen molar-refractivity contribution in [3.63, 3.8) is 0 Å². The van der Waals surface area contributed by atoms with Gasteiger partial charge < -0.3 is 19.3 Å². The molecule has 0 amide bonds. The Kier molecular flexibility index (Phi) is 3.60. The van der Waals surface area contributed by atoms with Crippen LogP contribution in [0.5, 0.6) is 23.0 Å². The summed E-state index contributed by atoms with van der Waals surface area (Å²) in [5, 5.41) is 9.58. The Morgan fingerprint density at radius 2 is 1.86 bits per heavy atom. The molecule has 0 saturated heterocycles. The topological polar surface area (TPSA) is 47.9 Å². The summed E-state index contributed by atoms with van der Waals surface area (Å²) in [7, 11) is 3.24. The maximum absolute atomic E-state index is 9.58. The first-order chi connectivity index (χ1) is 10.2. The van der Waals surface area contributed by atoms with Crippen LogP contribution in [-0.2, 0) is 6.42 Å². The number of hydrogen-bond donors (Lipinski definition) is 1. The Morgan fingerprint density at radius 3 is 2.62 bits per heavy atom. The van der Waals surface area contributed by atoms with Crippen LogP contribution in [0, 0.1) is 0 Å². The number of hydrogen-bond acceptors (Lipinski definition) is 4. The van der Waals surface area contributed by atoms with Gasteiger partial charge in [0, 0.05) is 6.07 Å². The highest BCUT2D eigenvalue weighted by molar-refractivity contribution is 5.46. The van der Waals surface area contributed by atoms with E-state index in [1.165, 1.54) is 0 Å². The summed E-state index contributed by atoms with van der Waals surface area (Å²) in [6.45, 7) is 0. The van der Waals surface area contributed by atoms with Crippen molar-refractivity contribution in [2.45, 2.75) is 18.9 Å². The van der Waals surface area contributed by atoms with Crippen LogP contribution in [0.25, 0.3) is 0 Å². The van der Waals surface area contributed by atoms with Crippen LogP contribution in [0.1, 0.15) is 23.7 Å². The first-order valence-corrected chi connectivity index (χ1v) is 6.91. The highest BCUT2D eigenvalue weighted by Crippen LogP contribution is 2.39. The van der Waals surface area contributed by atoms with E-state index in [4.69, 9.17) is 14.2 Å². The average molecular weight is 286 g/mol. The van der Waals surface area contributed by atoms with Gasteiger partial charge in [-0.1, -0.05) is 12.1 Å². The zero-order valence-electron chi connectivity index (χ0n) is 12.1. The summed E-state index contributed by atoms with van der Waals surface area (Å²) >= 11 is 0. The molecule has 1 N–H and O–H groups in total. The zero-order chi connectivity index (χ0) is 14.8. The maximum atomic E-state index is 9.58. The minimum atomic E-state index is -0.0425. The monoisotopic (exact) mass is 286 g/mol. The molecule has 0 aromatic heterocycles. The first-order valence-electron chi connectivity index (χ1n) is 6.91. The molecule has 0 unspecified atom stereocenters. The van der Waals surface area contributed by atoms with E-state index in [-0.39, 0.29) is 11.9 Å². The van der Waals surface area contributed by atoms with E-state index in [0.29, 0.717) is 11.5 Å². The molecule has 2 aromatic rings. The number of phenolic OH excluding ortho intramolecular Hbond substituents is 1. The van der Waals surface area contributed by atoms with Crippen LogP contribution < -0.4 is 14.2 Å². The van der Waals surface area contributed by atoms with Crippen molar-refractivity contribution < 1.29 is 19.3 Å². The lowest BCUT2D eigenvalue weighted by Gasteiger charge is -2.27. The molecular weight excluding hydrogens is 268 g/mol. The van der Waals surface area contributed by atoms with Crippen LogP contribution in [0.2, 0.25) is 0 Å². The van der Waals surface area contributed by atoms with Crippen molar-refractivity contribution in [2.24, 2.45) is 0 Å². The molecule has 0 bridgehead atoms. The second-order valence-corrected chi connectivity index (χ2v) is 5.05. The molecule has 0 saturated carbocycles. The third kappa shape index (κ3) is 2.61. The molecule has 4 nitrogen and oxygen atoms in total. The summed E-state index contributed by atoms with van der Waals surface area (Å²) < 4.78 is 16.6. The Bertz CT molecular complexity index is 651. The number of ether oxygens (including phenoxy) is 3. The molecule has 0 aliphatic carbocycles. The van der Waals surface area contributed by atoms with Crippen LogP contribution in [0.4, 0.5) is 0 Å². The smallest absolute Gasteiger partial charge is 0.161 e. The third-order valence-corrected chi connectivity index (χ3v) is 3.78. The second kappa shape index (κ2) is 5.56. The van der Waals surface area contributed by atoms with Gasteiger partial charge in [-0.05, 0) is 42.2 Å². The number of rotatable bonds is 3. The number of benzene rings is 2. The van der Waals surface area contributed by atoms with Crippen molar-refractivity contribution in [2.75, 3.05) is 14.2 Å². The Labute approximate surface area is 123 Å².